The largest absolute Gasteiger partial charge is 0.334 e. The highest BCUT2D eigenvalue weighted by molar-refractivity contribution is 5.85. The van der Waals surface area contributed by atoms with Gasteiger partial charge in [-0.3, -0.25) is 9.89 Å². The van der Waals surface area contributed by atoms with Crippen LogP contribution in [0.3, 0.4) is 0 Å². The third kappa shape index (κ3) is 3.20. The Morgan fingerprint density at radius 2 is 2.47 bits per heavy atom. The highest BCUT2D eigenvalue weighted by Gasteiger charge is 2.27. The maximum Gasteiger partial charge on any atom is 0.237 e. The fourth-order valence-electron chi connectivity index (χ4n) is 2.27. The summed E-state index contributed by atoms with van der Waals surface area (Å²) in [5.41, 5.74) is 1.11. The van der Waals surface area contributed by atoms with Gasteiger partial charge in [0.1, 0.15) is 0 Å². The third-order valence-electron chi connectivity index (χ3n) is 3.06. The van der Waals surface area contributed by atoms with Gasteiger partial charge in [-0.2, -0.15) is 5.10 Å². The van der Waals surface area contributed by atoms with Crippen LogP contribution in [0.4, 0.5) is 0 Å². The van der Waals surface area contributed by atoms with Gasteiger partial charge in [0.2, 0.25) is 5.91 Å². The number of piperidine rings is 1. The Labute approximate surface area is 107 Å². The number of likely N-dealkylation sites (tertiary alicyclic amines) is 1. The van der Waals surface area contributed by atoms with Crippen molar-refractivity contribution in [3.8, 4) is 0 Å². The van der Waals surface area contributed by atoms with Crippen LogP contribution < -0.4 is 5.32 Å². The van der Waals surface area contributed by atoms with Gasteiger partial charge in [-0.1, -0.05) is 0 Å². The second kappa shape index (κ2) is 6.61. The molecular formula is C11H19ClN4O. The molecule has 1 aliphatic rings. The molecule has 1 amide bonds. The summed E-state index contributed by atoms with van der Waals surface area (Å²) in [7, 11) is 1.80. The minimum absolute atomic E-state index is 0. The number of carbonyl (C=O) groups is 1. The van der Waals surface area contributed by atoms with Crippen LogP contribution in [0.25, 0.3) is 0 Å². The van der Waals surface area contributed by atoms with Crippen LogP contribution in [0.1, 0.15) is 30.9 Å². The molecule has 1 aromatic heterocycles. The van der Waals surface area contributed by atoms with Gasteiger partial charge in [-0.05, 0) is 26.3 Å². The summed E-state index contributed by atoms with van der Waals surface area (Å²) in [5.74, 6) is 0.174. The lowest BCUT2D eigenvalue weighted by atomic mass is 9.97. The van der Waals surface area contributed by atoms with E-state index in [9.17, 15) is 4.79 Å². The number of amides is 1. The van der Waals surface area contributed by atoms with E-state index in [4.69, 9.17) is 0 Å². The molecule has 96 valence electrons. The van der Waals surface area contributed by atoms with E-state index in [0.717, 1.165) is 24.9 Å². The molecule has 1 aliphatic heterocycles. The van der Waals surface area contributed by atoms with Gasteiger partial charge in [0, 0.05) is 18.3 Å². The van der Waals surface area contributed by atoms with Crippen LogP contribution in [0.2, 0.25) is 0 Å². The number of nitrogens with zero attached hydrogens (tertiary/aromatic N) is 2. The maximum atomic E-state index is 11.9. The lowest BCUT2D eigenvalue weighted by molar-refractivity contribution is -0.134. The zero-order chi connectivity index (χ0) is 11.4. The van der Waals surface area contributed by atoms with Crippen LogP contribution >= 0.6 is 12.4 Å². The van der Waals surface area contributed by atoms with Crippen molar-refractivity contribution in [2.45, 2.75) is 25.3 Å². The highest BCUT2D eigenvalue weighted by Crippen LogP contribution is 2.29. The first kappa shape index (κ1) is 14.0. The molecule has 1 unspecified atom stereocenters. The SMILES string of the molecule is CNCC(=O)N1CCCCC1c1cn[nH]c1.Cl. The van der Waals surface area contributed by atoms with Gasteiger partial charge in [0.15, 0.2) is 0 Å². The molecule has 2 rings (SSSR count). The average molecular weight is 259 g/mol. The fraction of sp³-hybridized carbons (Fsp3) is 0.636. The number of aromatic nitrogens is 2. The summed E-state index contributed by atoms with van der Waals surface area (Å²) in [4.78, 5) is 13.9. The van der Waals surface area contributed by atoms with Crippen molar-refractivity contribution in [1.82, 2.24) is 20.4 Å². The summed E-state index contributed by atoms with van der Waals surface area (Å²) in [6.45, 7) is 1.27. The first-order chi connectivity index (χ1) is 7.83. The number of carbonyl (C=O) groups excluding carboxylic acids is 1. The Morgan fingerprint density at radius 1 is 1.65 bits per heavy atom. The second-order valence-corrected chi connectivity index (χ2v) is 4.16. The molecule has 2 heterocycles. The van der Waals surface area contributed by atoms with Crippen molar-refractivity contribution in [2.24, 2.45) is 0 Å². The first-order valence-electron chi connectivity index (χ1n) is 5.75. The summed E-state index contributed by atoms with van der Waals surface area (Å²) >= 11 is 0. The van der Waals surface area contributed by atoms with E-state index in [1.807, 2.05) is 17.3 Å². The van der Waals surface area contributed by atoms with Crippen molar-refractivity contribution < 1.29 is 4.79 Å². The van der Waals surface area contributed by atoms with E-state index in [2.05, 4.69) is 15.5 Å². The van der Waals surface area contributed by atoms with Gasteiger partial charge in [-0.15, -0.1) is 12.4 Å². The number of aromatic amines is 1. The number of nitrogens with one attached hydrogen (secondary N) is 2. The van der Waals surface area contributed by atoms with E-state index >= 15 is 0 Å². The number of halogens is 1. The number of rotatable bonds is 3. The van der Waals surface area contributed by atoms with Crippen molar-refractivity contribution in [2.75, 3.05) is 20.1 Å². The van der Waals surface area contributed by atoms with Crippen molar-refractivity contribution >= 4 is 18.3 Å². The Morgan fingerprint density at radius 3 is 3.12 bits per heavy atom. The van der Waals surface area contributed by atoms with E-state index in [-0.39, 0.29) is 24.4 Å². The van der Waals surface area contributed by atoms with Crippen LogP contribution in [-0.2, 0) is 4.79 Å². The molecule has 17 heavy (non-hydrogen) atoms. The summed E-state index contributed by atoms with van der Waals surface area (Å²) < 4.78 is 0. The van der Waals surface area contributed by atoms with Crippen LogP contribution in [0, 0.1) is 0 Å². The topological polar surface area (TPSA) is 61.0 Å². The average Bonchev–Trinajstić information content (AvgIpc) is 2.83. The quantitative estimate of drug-likeness (QED) is 0.854. The van der Waals surface area contributed by atoms with Crippen molar-refractivity contribution in [3.63, 3.8) is 0 Å². The van der Waals surface area contributed by atoms with Gasteiger partial charge < -0.3 is 10.2 Å². The van der Waals surface area contributed by atoms with Gasteiger partial charge >= 0.3 is 0 Å². The van der Waals surface area contributed by atoms with Gasteiger partial charge in [0.25, 0.3) is 0 Å². The minimum atomic E-state index is 0. The zero-order valence-electron chi connectivity index (χ0n) is 9.98. The van der Waals surface area contributed by atoms with Crippen molar-refractivity contribution in [3.05, 3.63) is 18.0 Å². The molecule has 2 N–H and O–H groups in total. The third-order valence-corrected chi connectivity index (χ3v) is 3.06. The highest BCUT2D eigenvalue weighted by atomic mass is 35.5. The molecule has 5 nitrogen and oxygen atoms in total. The molecule has 1 fully saturated rings. The summed E-state index contributed by atoms with van der Waals surface area (Å²) in [5, 5.41) is 9.69. The standard InChI is InChI=1S/C11H18N4O.ClH/c1-12-8-11(16)15-5-3-2-4-10(15)9-6-13-14-7-9;/h6-7,10,12H,2-5,8H2,1H3,(H,13,14);1H. The number of hydrogen-bond acceptors (Lipinski definition) is 3. The molecule has 1 saturated heterocycles. The molecule has 0 radical (unpaired) electrons. The number of hydrogen-bond donors (Lipinski definition) is 2. The lowest BCUT2D eigenvalue weighted by Crippen LogP contribution is -2.42. The molecule has 0 aromatic carbocycles. The van der Waals surface area contributed by atoms with Crippen molar-refractivity contribution in [1.29, 1.82) is 0 Å². The minimum Gasteiger partial charge on any atom is -0.334 e. The van der Waals surface area contributed by atoms with E-state index < -0.39 is 0 Å². The van der Waals surface area contributed by atoms with E-state index in [0.29, 0.717) is 6.54 Å². The molecule has 0 spiro atoms. The van der Waals surface area contributed by atoms with Crippen LogP contribution in [0.15, 0.2) is 12.4 Å². The predicted octanol–water partition coefficient (Wildman–Crippen LogP) is 1.10. The summed E-state index contributed by atoms with van der Waals surface area (Å²) in [6, 6.07) is 0.202. The monoisotopic (exact) mass is 258 g/mol. The Balaban J connectivity index is 0.00000144. The smallest absolute Gasteiger partial charge is 0.237 e. The second-order valence-electron chi connectivity index (χ2n) is 4.16. The Hall–Kier alpha value is -1.07. The molecule has 1 aromatic rings. The van der Waals surface area contributed by atoms with Crippen LogP contribution in [-0.4, -0.2) is 41.1 Å². The molecule has 0 bridgehead atoms. The Kier molecular flexibility index (Phi) is 5.44. The fourth-order valence-corrected chi connectivity index (χ4v) is 2.27. The van der Waals surface area contributed by atoms with Gasteiger partial charge in [0.05, 0.1) is 18.8 Å². The number of H-pyrrole nitrogens is 1. The molecular weight excluding hydrogens is 240 g/mol. The zero-order valence-corrected chi connectivity index (χ0v) is 10.8. The lowest BCUT2D eigenvalue weighted by Gasteiger charge is -2.35. The molecule has 0 aliphatic carbocycles. The van der Waals surface area contributed by atoms with E-state index in [1.54, 1.807) is 7.05 Å². The number of likely N-dealkylation sites (N-methyl/N-ethyl adjacent to an activating group) is 1. The summed E-state index contributed by atoms with van der Waals surface area (Å²) in [6.07, 6.45) is 7.02. The molecule has 6 heteroatoms. The normalized spacial score (nSPS) is 19.8. The van der Waals surface area contributed by atoms with Gasteiger partial charge in [-0.25, -0.2) is 0 Å². The first-order valence-corrected chi connectivity index (χ1v) is 5.75. The van der Waals surface area contributed by atoms with E-state index in [1.165, 1.54) is 6.42 Å². The Bertz CT molecular complexity index is 341. The molecule has 1 atom stereocenters. The predicted molar refractivity (Wildman–Crippen MR) is 68.1 cm³/mol. The van der Waals surface area contributed by atoms with Crippen LogP contribution in [0.5, 0.6) is 0 Å². The molecule has 0 saturated carbocycles. The maximum absolute atomic E-state index is 11.9.